The summed E-state index contributed by atoms with van der Waals surface area (Å²) >= 11 is 5.90. The quantitative estimate of drug-likeness (QED) is 0.825. The van der Waals surface area contributed by atoms with Gasteiger partial charge in [0, 0.05) is 29.7 Å². The van der Waals surface area contributed by atoms with Crippen LogP contribution in [0.15, 0.2) is 48.5 Å². The number of hydrogen-bond donors (Lipinski definition) is 2. The number of carbonyl (C=O) groups excluding carboxylic acids is 1. The first-order chi connectivity index (χ1) is 10.6. The van der Waals surface area contributed by atoms with Crippen LogP contribution >= 0.6 is 11.6 Å². The number of urea groups is 1. The molecule has 2 rings (SSSR count). The van der Waals surface area contributed by atoms with E-state index < -0.39 is 0 Å². The van der Waals surface area contributed by atoms with Crippen molar-refractivity contribution in [1.82, 2.24) is 5.32 Å². The third-order valence-corrected chi connectivity index (χ3v) is 3.62. The van der Waals surface area contributed by atoms with E-state index >= 15 is 0 Å². The second kappa shape index (κ2) is 7.09. The van der Waals surface area contributed by atoms with Crippen LogP contribution in [0.1, 0.15) is 18.1 Å². The molecule has 0 unspecified atom stereocenters. The van der Waals surface area contributed by atoms with Crippen LogP contribution < -0.4 is 10.2 Å². The van der Waals surface area contributed by atoms with Gasteiger partial charge in [-0.05, 0) is 25.1 Å². The molecule has 2 aromatic rings. The average Bonchev–Trinajstić information content (AvgIpc) is 2.56. The van der Waals surface area contributed by atoms with Crippen molar-refractivity contribution in [2.24, 2.45) is 0 Å². The summed E-state index contributed by atoms with van der Waals surface area (Å²) in [6.07, 6.45) is 0. The lowest BCUT2D eigenvalue weighted by Crippen LogP contribution is -2.38. The number of rotatable bonds is 4. The van der Waals surface area contributed by atoms with Gasteiger partial charge >= 0.3 is 6.03 Å². The van der Waals surface area contributed by atoms with Gasteiger partial charge in [0.25, 0.3) is 0 Å². The largest absolute Gasteiger partial charge is 0.341 e. The van der Waals surface area contributed by atoms with E-state index in [1.165, 1.54) is 0 Å². The number of anilines is 1. The second-order valence-electron chi connectivity index (χ2n) is 4.70. The molecule has 0 fully saturated rings. The zero-order chi connectivity index (χ0) is 16.1. The summed E-state index contributed by atoms with van der Waals surface area (Å²) in [5, 5.41) is 11.7. The van der Waals surface area contributed by atoms with Gasteiger partial charge < -0.3 is 5.32 Å². The van der Waals surface area contributed by atoms with Gasteiger partial charge in [-0.3, -0.25) is 10.3 Å². The van der Waals surface area contributed by atoms with Crippen LogP contribution in [0, 0.1) is 5.41 Å². The highest BCUT2D eigenvalue weighted by Gasteiger charge is 2.18. The van der Waals surface area contributed by atoms with Crippen molar-refractivity contribution in [1.29, 1.82) is 5.41 Å². The Morgan fingerprint density at radius 3 is 2.41 bits per heavy atom. The fraction of sp³-hybridized carbons (Fsp3) is 0.176. The van der Waals surface area contributed by atoms with Crippen LogP contribution in [-0.2, 0) is 0 Å². The van der Waals surface area contributed by atoms with E-state index in [0.717, 1.165) is 5.56 Å². The molecule has 0 spiro atoms. The Kier molecular flexibility index (Phi) is 5.17. The van der Waals surface area contributed by atoms with Crippen LogP contribution in [0.2, 0.25) is 5.02 Å². The Hall–Kier alpha value is -2.33. The molecule has 0 saturated carbocycles. The Balaban J connectivity index is 2.45. The molecule has 5 heteroatoms. The number of para-hydroxylation sites is 1. The highest BCUT2D eigenvalue weighted by atomic mass is 35.5. The van der Waals surface area contributed by atoms with Crippen LogP contribution in [0.25, 0.3) is 0 Å². The van der Waals surface area contributed by atoms with Gasteiger partial charge in [-0.1, -0.05) is 41.9 Å². The number of halogens is 1. The molecule has 0 aliphatic rings. The molecular weight excluding hydrogens is 298 g/mol. The fourth-order valence-electron chi connectivity index (χ4n) is 2.25. The number of nitrogens with zero attached hydrogens (tertiary/aromatic N) is 1. The van der Waals surface area contributed by atoms with Gasteiger partial charge in [0.1, 0.15) is 0 Å². The third kappa shape index (κ3) is 3.28. The summed E-state index contributed by atoms with van der Waals surface area (Å²) < 4.78 is 0. The Morgan fingerprint density at radius 2 is 1.82 bits per heavy atom. The van der Waals surface area contributed by atoms with E-state index in [-0.39, 0.29) is 6.03 Å². The van der Waals surface area contributed by atoms with Gasteiger partial charge in [0.15, 0.2) is 0 Å². The molecule has 0 heterocycles. The van der Waals surface area contributed by atoms with E-state index in [0.29, 0.717) is 28.5 Å². The number of amides is 2. The lowest BCUT2D eigenvalue weighted by atomic mass is 10.0. The monoisotopic (exact) mass is 315 g/mol. The molecule has 0 aliphatic heterocycles. The van der Waals surface area contributed by atoms with Gasteiger partial charge in [-0.25, -0.2) is 4.79 Å². The van der Waals surface area contributed by atoms with Gasteiger partial charge in [0.2, 0.25) is 0 Å². The molecule has 0 bridgehead atoms. The van der Waals surface area contributed by atoms with E-state index in [4.69, 9.17) is 17.0 Å². The molecule has 114 valence electrons. The minimum Gasteiger partial charge on any atom is -0.341 e. The van der Waals surface area contributed by atoms with E-state index in [2.05, 4.69) is 5.32 Å². The van der Waals surface area contributed by atoms with E-state index in [1.54, 1.807) is 36.2 Å². The zero-order valence-corrected chi connectivity index (χ0v) is 13.3. The summed E-state index contributed by atoms with van der Waals surface area (Å²) in [5.74, 6) is 0. The summed E-state index contributed by atoms with van der Waals surface area (Å²) in [6, 6.07) is 14.3. The van der Waals surface area contributed by atoms with Crippen molar-refractivity contribution in [3.05, 3.63) is 64.7 Å². The molecule has 2 N–H and O–H groups in total. The van der Waals surface area contributed by atoms with Crippen molar-refractivity contribution in [2.45, 2.75) is 6.92 Å². The highest BCUT2D eigenvalue weighted by Crippen LogP contribution is 2.24. The Labute approximate surface area is 135 Å². The SMILES string of the molecule is CCN(C(=O)NC)c1ccccc1C(=N)c1ccc(Cl)cc1. The molecule has 2 aromatic carbocycles. The molecule has 2 amide bonds. The first-order valence-electron chi connectivity index (χ1n) is 7.01. The second-order valence-corrected chi connectivity index (χ2v) is 5.13. The normalized spacial score (nSPS) is 10.1. The van der Waals surface area contributed by atoms with Crippen molar-refractivity contribution in [3.63, 3.8) is 0 Å². The lowest BCUT2D eigenvalue weighted by Gasteiger charge is -2.23. The van der Waals surface area contributed by atoms with Gasteiger partial charge in [0.05, 0.1) is 11.4 Å². The van der Waals surface area contributed by atoms with Crippen LogP contribution in [0.3, 0.4) is 0 Å². The van der Waals surface area contributed by atoms with Crippen LogP contribution in [0.5, 0.6) is 0 Å². The van der Waals surface area contributed by atoms with E-state index in [9.17, 15) is 4.79 Å². The highest BCUT2D eigenvalue weighted by molar-refractivity contribution is 6.30. The van der Waals surface area contributed by atoms with Crippen molar-refractivity contribution in [3.8, 4) is 0 Å². The van der Waals surface area contributed by atoms with Gasteiger partial charge in [-0.2, -0.15) is 0 Å². The fourth-order valence-corrected chi connectivity index (χ4v) is 2.38. The maximum Gasteiger partial charge on any atom is 0.321 e. The Bertz CT molecular complexity index is 683. The summed E-state index contributed by atoms with van der Waals surface area (Å²) in [4.78, 5) is 13.6. The number of hydrogen-bond acceptors (Lipinski definition) is 2. The molecule has 22 heavy (non-hydrogen) atoms. The topological polar surface area (TPSA) is 56.2 Å². The van der Waals surface area contributed by atoms with E-state index in [1.807, 2.05) is 31.2 Å². The van der Waals surface area contributed by atoms with Crippen molar-refractivity contribution >= 4 is 29.0 Å². The average molecular weight is 316 g/mol. The Morgan fingerprint density at radius 1 is 1.18 bits per heavy atom. The molecular formula is C17H18ClN3O. The standard InChI is InChI=1S/C17H18ClN3O/c1-3-21(17(22)20-2)15-7-5-4-6-14(15)16(19)12-8-10-13(18)11-9-12/h4-11,19H,3H2,1-2H3,(H,20,22). The first kappa shape index (κ1) is 16.0. The predicted octanol–water partition coefficient (Wildman–Crippen LogP) is 3.92. The minimum absolute atomic E-state index is 0.196. The molecule has 0 saturated heterocycles. The van der Waals surface area contributed by atoms with Crippen LogP contribution in [0.4, 0.5) is 10.5 Å². The maximum absolute atomic E-state index is 12.0. The number of carbonyl (C=O) groups is 1. The number of nitrogens with one attached hydrogen (secondary N) is 2. The van der Waals surface area contributed by atoms with Crippen molar-refractivity contribution < 1.29 is 4.79 Å². The smallest absolute Gasteiger partial charge is 0.321 e. The predicted molar refractivity (Wildman–Crippen MR) is 91.3 cm³/mol. The summed E-state index contributed by atoms with van der Waals surface area (Å²) in [6.45, 7) is 2.42. The molecule has 0 aromatic heterocycles. The first-order valence-corrected chi connectivity index (χ1v) is 7.39. The lowest BCUT2D eigenvalue weighted by molar-refractivity contribution is 0.248. The summed E-state index contributed by atoms with van der Waals surface area (Å²) in [7, 11) is 1.60. The molecule has 0 atom stereocenters. The number of benzene rings is 2. The van der Waals surface area contributed by atoms with Gasteiger partial charge in [-0.15, -0.1) is 0 Å². The molecule has 0 radical (unpaired) electrons. The zero-order valence-electron chi connectivity index (χ0n) is 12.6. The third-order valence-electron chi connectivity index (χ3n) is 3.37. The van der Waals surface area contributed by atoms with Crippen LogP contribution in [-0.4, -0.2) is 25.3 Å². The molecule has 4 nitrogen and oxygen atoms in total. The summed E-state index contributed by atoms with van der Waals surface area (Å²) in [5.41, 5.74) is 2.53. The minimum atomic E-state index is -0.196. The maximum atomic E-state index is 12.0. The van der Waals surface area contributed by atoms with Crippen molar-refractivity contribution in [2.75, 3.05) is 18.5 Å². The molecule has 0 aliphatic carbocycles.